The molecule has 1 saturated heterocycles. The van der Waals surface area contributed by atoms with Crippen molar-refractivity contribution in [3.63, 3.8) is 0 Å². The molecule has 15 heavy (non-hydrogen) atoms. The highest BCUT2D eigenvalue weighted by Crippen LogP contribution is 2.16. The molecule has 1 atom stereocenters. The number of hydrogen-bond acceptors (Lipinski definition) is 3. The fourth-order valence-corrected chi connectivity index (χ4v) is 2.15. The lowest BCUT2D eigenvalue weighted by Crippen LogP contribution is -2.47. The van der Waals surface area contributed by atoms with E-state index in [0.717, 1.165) is 13.1 Å². The summed E-state index contributed by atoms with van der Waals surface area (Å²) in [5.74, 6) is 0.0605. The summed E-state index contributed by atoms with van der Waals surface area (Å²) in [5, 5.41) is 0. The Kier molecular flexibility index (Phi) is 4.54. The van der Waals surface area contributed by atoms with E-state index >= 15 is 0 Å². The largest absolute Gasteiger partial charge is 0.338 e. The summed E-state index contributed by atoms with van der Waals surface area (Å²) >= 11 is 0. The van der Waals surface area contributed by atoms with Gasteiger partial charge in [-0.05, 0) is 40.3 Å². The molecule has 1 aliphatic rings. The van der Waals surface area contributed by atoms with Gasteiger partial charge in [0.2, 0.25) is 5.91 Å². The number of nitrogens with zero attached hydrogens (tertiary/aromatic N) is 2. The molecule has 2 N–H and O–H groups in total. The van der Waals surface area contributed by atoms with E-state index in [2.05, 4.69) is 11.9 Å². The number of likely N-dealkylation sites (tertiary alicyclic amines) is 1. The summed E-state index contributed by atoms with van der Waals surface area (Å²) in [6.07, 6.45) is 2.43. The quantitative estimate of drug-likeness (QED) is 0.729. The predicted octanol–water partition coefficient (Wildman–Crippen LogP) is 0.276. The van der Waals surface area contributed by atoms with Crippen LogP contribution in [-0.4, -0.2) is 54.5 Å². The van der Waals surface area contributed by atoms with Crippen molar-refractivity contribution < 1.29 is 4.79 Å². The molecule has 88 valence electrons. The lowest BCUT2D eigenvalue weighted by Gasteiger charge is -2.31. The maximum atomic E-state index is 11.6. The van der Waals surface area contributed by atoms with Gasteiger partial charge in [-0.2, -0.15) is 0 Å². The molecule has 0 radical (unpaired) electrons. The molecule has 0 unspecified atom stereocenters. The molecular weight excluding hydrogens is 190 g/mol. The van der Waals surface area contributed by atoms with Gasteiger partial charge in [0.15, 0.2) is 0 Å². The van der Waals surface area contributed by atoms with E-state index in [4.69, 9.17) is 5.73 Å². The number of rotatable bonds is 4. The molecule has 0 aromatic heterocycles. The Morgan fingerprint density at radius 2 is 2.27 bits per heavy atom. The van der Waals surface area contributed by atoms with Gasteiger partial charge in [0.1, 0.15) is 0 Å². The zero-order valence-electron chi connectivity index (χ0n) is 10.1. The summed E-state index contributed by atoms with van der Waals surface area (Å²) in [6, 6.07) is 0.762. The summed E-state index contributed by atoms with van der Waals surface area (Å²) in [6.45, 7) is 6.18. The summed E-state index contributed by atoms with van der Waals surface area (Å²) < 4.78 is 0. The zero-order valence-corrected chi connectivity index (χ0v) is 10.1. The van der Waals surface area contributed by atoms with Crippen LogP contribution in [0.3, 0.4) is 0 Å². The van der Waals surface area contributed by atoms with Crippen LogP contribution in [0.2, 0.25) is 0 Å². The minimum absolute atomic E-state index is 0.0605. The lowest BCUT2D eigenvalue weighted by molar-refractivity contribution is -0.132. The first-order valence-corrected chi connectivity index (χ1v) is 5.76. The molecule has 4 heteroatoms. The SMILES string of the molecule is CC(C)N(C[C@@H]1CCCN1C)C(=O)CN. The highest BCUT2D eigenvalue weighted by Gasteiger charge is 2.26. The maximum Gasteiger partial charge on any atom is 0.236 e. The van der Waals surface area contributed by atoms with E-state index in [1.165, 1.54) is 12.8 Å². The number of nitrogens with two attached hydrogens (primary N) is 1. The topological polar surface area (TPSA) is 49.6 Å². The van der Waals surface area contributed by atoms with Crippen LogP contribution in [0.25, 0.3) is 0 Å². The molecular formula is C11H23N3O. The predicted molar refractivity (Wildman–Crippen MR) is 61.6 cm³/mol. The van der Waals surface area contributed by atoms with E-state index in [1.807, 2.05) is 18.7 Å². The van der Waals surface area contributed by atoms with Gasteiger partial charge in [-0.3, -0.25) is 4.79 Å². The van der Waals surface area contributed by atoms with Gasteiger partial charge in [0.25, 0.3) is 0 Å². The lowest BCUT2D eigenvalue weighted by atomic mass is 10.2. The number of amides is 1. The number of carbonyl (C=O) groups is 1. The normalized spacial score (nSPS) is 22.3. The highest BCUT2D eigenvalue weighted by atomic mass is 16.2. The molecule has 1 heterocycles. The third-order valence-electron chi connectivity index (χ3n) is 3.20. The Morgan fingerprint density at radius 3 is 2.67 bits per heavy atom. The van der Waals surface area contributed by atoms with Crippen LogP contribution >= 0.6 is 0 Å². The van der Waals surface area contributed by atoms with E-state index in [0.29, 0.717) is 6.04 Å². The molecule has 1 fully saturated rings. The first-order valence-electron chi connectivity index (χ1n) is 5.76. The van der Waals surface area contributed by atoms with Crippen molar-refractivity contribution in [2.24, 2.45) is 5.73 Å². The molecule has 4 nitrogen and oxygen atoms in total. The standard InChI is InChI=1S/C11H23N3O/c1-9(2)14(11(15)7-12)8-10-5-4-6-13(10)3/h9-10H,4-8,12H2,1-3H3/t10-/m0/s1. The van der Waals surface area contributed by atoms with E-state index in [9.17, 15) is 4.79 Å². The summed E-state index contributed by atoms with van der Waals surface area (Å²) in [7, 11) is 2.13. The fourth-order valence-electron chi connectivity index (χ4n) is 2.15. The van der Waals surface area contributed by atoms with Crippen LogP contribution in [0.4, 0.5) is 0 Å². The van der Waals surface area contributed by atoms with Crippen LogP contribution in [-0.2, 0) is 4.79 Å². The Bertz CT molecular complexity index is 218. The van der Waals surface area contributed by atoms with Crippen molar-refractivity contribution >= 4 is 5.91 Å². The van der Waals surface area contributed by atoms with Crippen LogP contribution < -0.4 is 5.73 Å². The molecule has 0 bridgehead atoms. The van der Waals surface area contributed by atoms with Crippen molar-refractivity contribution in [2.75, 3.05) is 26.7 Å². The minimum Gasteiger partial charge on any atom is -0.338 e. The van der Waals surface area contributed by atoms with Crippen molar-refractivity contribution in [3.05, 3.63) is 0 Å². The molecule has 0 spiro atoms. The Morgan fingerprint density at radius 1 is 1.60 bits per heavy atom. The first-order chi connectivity index (χ1) is 7.06. The van der Waals surface area contributed by atoms with Crippen molar-refractivity contribution in [3.8, 4) is 0 Å². The van der Waals surface area contributed by atoms with Gasteiger partial charge in [0.05, 0.1) is 6.54 Å². The molecule has 0 aliphatic carbocycles. The van der Waals surface area contributed by atoms with Gasteiger partial charge < -0.3 is 15.5 Å². The average molecular weight is 213 g/mol. The number of hydrogen-bond donors (Lipinski definition) is 1. The van der Waals surface area contributed by atoms with Crippen molar-refractivity contribution in [1.29, 1.82) is 0 Å². The van der Waals surface area contributed by atoms with Gasteiger partial charge >= 0.3 is 0 Å². The Labute approximate surface area is 92.4 Å². The summed E-state index contributed by atoms with van der Waals surface area (Å²) in [5.41, 5.74) is 5.41. The van der Waals surface area contributed by atoms with Gasteiger partial charge in [0, 0.05) is 18.6 Å². The second-order valence-electron chi connectivity index (χ2n) is 4.62. The molecule has 0 aromatic carbocycles. The average Bonchev–Trinajstić information content (AvgIpc) is 2.59. The van der Waals surface area contributed by atoms with Gasteiger partial charge in [-0.15, -0.1) is 0 Å². The molecule has 1 rings (SSSR count). The van der Waals surface area contributed by atoms with Crippen molar-refractivity contribution in [2.45, 2.75) is 38.8 Å². The monoisotopic (exact) mass is 213 g/mol. The van der Waals surface area contributed by atoms with E-state index in [-0.39, 0.29) is 18.5 Å². The Hall–Kier alpha value is -0.610. The van der Waals surface area contributed by atoms with Crippen molar-refractivity contribution in [1.82, 2.24) is 9.80 Å². The molecule has 1 aliphatic heterocycles. The third-order valence-corrected chi connectivity index (χ3v) is 3.20. The number of likely N-dealkylation sites (N-methyl/N-ethyl adjacent to an activating group) is 1. The summed E-state index contributed by atoms with van der Waals surface area (Å²) in [4.78, 5) is 15.9. The highest BCUT2D eigenvalue weighted by molar-refractivity contribution is 5.78. The molecule has 0 saturated carbocycles. The maximum absolute atomic E-state index is 11.6. The van der Waals surface area contributed by atoms with E-state index < -0.39 is 0 Å². The first kappa shape index (κ1) is 12.5. The fraction of sp³-hybridized carbons (Fsp3) is 0.909. The smallest absolute Gasteiger partial charge is 0.236 e. The number of carbonyl (C=O) groups excluding carboxylic acids is 1. The van der Waals surface area contributed by atoms with Crippen LogP contribution in [0.5, 0.6) is 0 Å². The van der Waals surface area contributed by atoms with Crippen LogP contribution in [0.15, 0.2) is 0 Å². The van der Waals surface area contributed by atoms with Crippen LogP contribution in [0.1, 0.15) is 26.7 Å². The second-order valence-corrected chi connectivity index (χ2v) is 4.62. The van der Waals surface area contributed by atoms with Gasteiger partial charge in [-0.25, -0.2) is 0 Å². The Balaban J connectivity index is 2.54. The second kappa shape index (κ2) is 5.47. The van der Waals surface area contributed by atoms with Gasteiger partial charge in [-0.1, -0.05) is 0 Å². The minimum atomic E-state index is 0.0605. The van der Waals surface area contributed by atoms with Crippen LogP contribution in [0, 0.1) is 0 Å². The third kappa shape index (κ3) is 3.18. The molecule has 0 aromatic rings. The molecule has 1 amide bonds. The van der Waals surface area contributed by atoms with E-state index in [1.54, 1.807) is 0 Å². The zero-order chi connectivity index (χ0) is 11.4.